The molecule has 1 aliphatic heterocycles. The number of hydrogen-bond donors (Lipinski definition) is 2. The third-order valence-electron chi connectivity index (χ3n) is 2.82. The topological polar surface area (TPSA) is 50.4 Å². The lowest BCUT2D eigenvalue weighted by Gasteiger charge is -2.11. The van der Waals surface area contributed by atoms with Crippen molar-refractivity contribution in [1.82, 2.24) is 0 Å². The van der Waals surface area contributed by atoms with Crippen molar-refractivity contribution in [2.24, 2.45) is 5.92 Å². The van der Waals surface area contributed by atoms with Crippen LogP contribution in [0, 0.1) is 5.92 Å². The van der Waals surface area contributed by atoms with Crippen molar-refractivity contribution in [2.75, 3.05) is 30.4 Å². The van der Waals surface area contributed by atoms with Gasteiger partial charge in [0.05, 0.1) is 6.61 Å². The lowest BCUT2D eigenvalue weighted by atomic mass is 10.1. The third kappa shape index (κ3) is 3.75. The van der Waals surface area contributed by atoms with Crippen molar-refractivity contribution in [1.29, 1.82) is 0 Å². The van der Waals surface area contributed by atoms with E-state index >= 15 is 0 Å². The van der Waals surface area contributed by atoms with E-state index in [1.807, 2.05) is 24.3 Å². The largest absolute Gasteiger partial charge is 0.385 e. The second-order valence-electron chi connectivity index (χ2n) is 4.37. The Labute approximate surface area is 101 Å². The molecule has 1 saturated heterocycles. The number of ether oxygens (including phenoxy) is 1. The van der Waals surface area contributed by atoms with Gasteiger partial charge in [-0.2, -0.15) is 0 Å². The quantitative estimate of drug-likeness (QED) is 0.838. The molecule has 1 amide bonds. The summed E-state index contributed by atoms with van der Waals surface area (Å²) in [6.45, 7) is 4.19. The molecule has 4 heteroatoms. The van der Waals surface area contributed by atoms with E-state index in [1.165, 1.54) is 6.92 Å². The van der Waals surface area contributed by atoms with Gasteiger partial charge in [0.25, 0.3) is 0 Å². The molecule has 17 heavy (non-hydrogen) atoms. The van der Waals surface area contributed by atoms with Crippen LogP contribution in [0.15, 0.2) is 24.3 Å². The summed E-state index contributed by atoms with van der Waals surface area (Å²) in [6, 6.07) is 7.74. The summed E-state index contributed by atoms with van der Waals surface area (Å²) in [4.78, 5) is 10.9. The molecule has 2 rings (SSSR count). The molecule has 0 saturated carbocycles. The van der Waals surface area contributed by atoms with Crippen LogP contribution in [0.2, 0.25) is 0 Å². The van der Waals surface area contributed by atoms with E-state index in [-0.39, 0.29) is 5.91 Å². The molecule has 4 nitrogen and oxygen atoms in total. The summed E-state index contributed by atoms with van der Waals surface area (Å²) in [5, 5.41) is 6.12. The molecular formula is C13H18N2O2. The Hall–Kier alpha value is -1.55. The highest BCUT2D eigenvalue weighted by atomic mass is 16.5. The number of hydrogen-bond acceptors (Lipinski definition) is 3. The molecule has 0 spiro atoms. The lowest BCUT2D eigenvalue weighted by Crippen LogP contribution is -2.14. The number of amides is 1. The van der Waals surface area contributed by atoms with E-state index in [2.05, 4.69) is 10.6 Å². The molecule has 0 radical (unpaired) electrons. The van der Waals surface area contributed by atoms with Crippen molar-refractivity contribution in [3.05, 3.63) is 24.3 Å². The number of benzene rings is 1. The first-order chi connectivity index (χ1) is 8.24. The molecule has 1 fully saturated rings. The monoisotopic (exact) mass is 234 g/mol. The van der Waals surface area contributed by atoms with Gasteiger partial charge in [-0.15, -0.1) is 0 Å². The average Bonchev–Trinajstić information content (AvgIpc) is 2.80. The first-order valence-electron chi connectivity index (χ1n) is 5.93. The Bertz CT molecular complexity index is 370. The smallest absolute Gasteiger partial charge is 0.221 e. The standard InChI is InChI=1S/C13H18N2O2/c1-10(16)15-13-4-2-12(3-5-13)14-8-11-6-7-17-9-11/h2-5,11,14H,6-9H2,1H3,(H,15,16). The van der Waals surface area contributed by atoms with Crippen molar-refractivity contribution in [3.63, 3.8) is 0 Å². The zero-order valence-corrected chi connectivity index (χ0v) is 10.0. The van der Waals surface area contributed by atoms with Gasteiger partial charge in [-0.3, -0.25) is 4.79 Å². The highest BCUT2D eigenvalue weighted by Crippen LogP contribution is 2.16. The SMILES string of the molecule is CC(=O)Nc1ccc(NCC2CCOC2)cc1. The van der Waals surface area contributed by atoms with Crippen molar-refractivity contribution < 1.29 is 9.53 Å². The number of anilines is 2. The zero-order chi connectivity index (χ0) is 12.1. The van der Waals surface area contributed by atoms with Crippen LogP contribution < -0.4 is 10.6 Å². The number of carbonyl (C=O) groups is 1. The molecule has 2 N–H and O–H groups in total. The molecule has 0 aliphatic carbocycles. The van der Waals surface area contributed by atoms with E-state index in [0.717, 1.165) is 37.6 Å². The van der Waals surface area contributed by atoms with Gasteiger partial charge in [0.2, 0.25) is 5.91 Å². The molecule has 1 aliphatic rings. The molecule has 1 unspecified atom stereocenters. The second kappa shape index (κ2) is 5.68. The van der Waals surface area contributed by atoms with Crippen LogP contribution in [0.5, 0.6) is 0 Å². The van der Waals surface area contributed by atoms with Gasteiger partial charge in [-0.25, -0.2) is 0 Å². The van der Waals surface area contributed by atoms with E-state index in [4.69, 9.17) is 4.74 Å². The maximum atomic E-state index is 10.9. The van der Waals surface area contributed by atoms with Crippen molar-refractivity contribution >= 4 is 17.3 Å². The van der Waals surface area contributed by atoms with Gasteiger partial charge in [0.1, 0.15) is 0 Å². The van der Waals surface area contributed by atoms with Crippen LogP contribution >= 0.6 is 0 Å². The molecular weight excluding hydrogens is 216 g/mol. The van der Waals surface area contributed by atoms with Gasteiger partial charge in [0.15, 0.2) is 0 Å². The maximum Gasteiger partial charge on any atom is 0.221 e. The third-order valence-corrected chi connectivity index (χ3v) is 2.82. The lowest BCUT2D eigenvalue weighted by molar-refractivity contribution is -0.114. The molecule has 1 atom stereocenters. The second-order valence-corrected chi connectivity index (χ2v) is 4.37. The summed E-state index contributed by atoms with van der Waals surface area (Å²) in [7, 11) is 0. The van der Waals surface area contributed by atoms with Gasteiger partial charge < -0.3 is 15.4 Å². The Balaban J connectivity index is 1.82. The summed E-state index contributed by atoms with van der Waals surface area (Å²) >= 11 is 0. The predicted octanol–water partition coefficient (Wildman–Crippen LogP) is 2.09. The molecule has 1 aromatic carbocycles. The molecule has 92 valence electrons. The van der Waals surface area contributed by atoms with Crippen molar-refractivity contribution in [3.8, 4) is 0 Å². The van der Waals surface area contributed by atoms with Crippen LogP contribution in [0.3, 0.4) is 0 Å². The van der Waals surface area contributed by atoms with Crippen LogP contribution in [-0.2, 0) is 9.53 Å². The van der Waals surface area contributed by atoms with E-state index < -0.39 is 0 Å². The summed E-state index contributed by atoms with van der Waals surface area (Å²) < 4.78 is 5.32. The number of nitrogens with one attached hydrogen (secondary N) is 2. The van der Waals surface area contributed by atoms with Gasteiger partial charge in [0, 0.05) is 37.4 Å². The van der Waals surface area contributed by atoms with Crippen LogP contribution in [-0.4, -0.2) is 25.7 Å². The minimum atomic E-state index is -0.0474. The predicted molar refractivity (Wildman–Crippen MR) is 68.2 cm³/mol. The zero-order valence-electron chi connectivity index (χ0n) is 10.0. The molecule has 0 aromatic heterocycles. The van der Waals surface area contributed by atoms with Crippen LogP contribution in [0.1, 0.15) is 13.3 Å². The fourth-order valence-corrected chi connectivity index (χ4v) is 1.88. The van der Waals surface area contributed by atoms with Crippen LogP contribution in [0.4, 0.5) is 11.4 Å². The number of rotatable bonds is 4. The summed E-state index contributed by atoms with van der Waals surface area (Å²) in [5.41, 5.74) is 1.90. The minimum absolute atomic E-state index is 0.0474. The maximum absolute atomic E-state index is 10.9. The van der Waals surface area contributed by atoms with E-state index in [1.54, 1.807) is 0 Å². The molecule has 0 bridgehead atoms. The molecule has 1 aromatic rings. The van der Waals surface area contributed by atoms with Gasteiger partial charge >= 0.3 is 0 Å². The molecule has 1 heterocycles. The fraction of sp³-hybridized carbons (Fsp3) is 0.462. The minimum Gasteiger partial charge on any atom is -0.385 e. The van der Waals surface area contributed by atoms with Crippen LogP contribution in [0.25, 0.3) is 0 Å². The van der Waals surface area contributed by atoms with Gasteiger partial charge in [-0.1, -0.05) is 0 Å². The summed E-state index contributed by atoms with van der Waals surface area (Å²) in [5.74, 6) is 0.568. The first kappa shape index (κ1) is 11.9. The Morgan fingerprint density at radius 3 is 2.65 bits per heavy atom. The van der Waals surface area contributed by atoms with Crippen molar-refractivity contribution in [2.45, 2.75) is 13.3 Å². The van der Waals surface area contributed by atoms with Gasteiger partial charge in [-0.05, 0) is 30.7 Å². The normalized spacial score (nSPS) is 19.0. The highest BCUT2D eigenvalue weighted by Gasteiger charge is 2.14. The average molecular weight is 234 g/mol. The fourth-order valence-electron chi connectivity index (χ4n) is 1.88. The Morgan fingerprint density at radius 1 is 1.35 bits per heavy atom. The Morgan fingerprint density at radius 2 is 2.06 bits per heavy atom. The Kier molecular flexibility index (Phi) is 3.98. The summed E-state index contributed by atoms with van der Waals surface area (Å²) in [6.07, 6.45) is 1.14. The number of carbonyl (C=O) groups excluding carboxylic acids is 1. The highest BCUT2D eigenvalue weighted by molar-refractivity contribution is 5.88. The first-order valence-corrected chi connectivity index (χ1v) is 5.93. The van der Waals surface area contributed by atoms with E-state index in [0.29, 0.717) is 5.92 Å². The van der Waals surface area contributed by atoms with E-state index in [9.17, 15) is 4.79 Å².